The van der Waals surface area contributed by atoms with E-state index < -0.39 is 195 Å². The third kappa shape index (κ3) is 17.3. The van der Waals surface area contributed by atoms with E-state index in [1.54, 1.807) is 30.3 Å². The Morgan fingerprint density at radius 2 is 0.557 bits per heavy atom. The van der Waals surface area contributed by atoms with E-state index in [0.717, 1.165) is 55.4 Å². The summed E-state index contributed by atoms with van der Waals surface area (Å²) in [6.45, 7) is 7.26. The first kappa shape index (κ1) is 62.0. The molecule has 0 aromatic heterocycles. The van der Waals surface area contributed by atoms with E-state index in [0.29, 0.717) is 5.56 Å². The molecule has 4 saturated heterocycles. The molecule has 30 nitrogen and oxygen atoms in total. The van der Waals surface area contributed by atoms with E-state index in [9.17, 15) is 62.3 Å². The van der Waals surface area contributed by atoms with Crippen LogP contribution >= 0.6 is 0 Å². The maximum atomic E-state index is 14.1. The number of rotatable bonds is 22. The second kappa shape index (κ2) is 28.2. The minimum Gasteiger partial charge on any atom is -0.456 e. The number of benzene rings is 1. The molecule has 5 rings (SSSR count). The Hall–Kier alpha value is -7.83. The molecule has 5 N–H and O–H groups in total. The quantitative estimate of drug-likeness (QED) is 0.0551. The summed E-state index contributed by atoms with van der Waals surface area (Å²) >= 11 is 0. The molecule has 4 aliphatic heterocycles. The van der Waals surface area contributed by atoms with Gasteiger partial charge in [0.15, 0.2) is 73.2 Å². The molecule has 4 aliphatic rings. The van der Waals surface area contributed by atoms with Crippen LogP contribution in [0.25, 0.3) is 0 Å². The Bertz CT molecular complexity index is 2480. The molecule has 4 heterocycles. The molecule has 0 bridgehead atoms. The van der Waals surface area contributed by atoms with Gasteiger partial charge in [0.25, 0.3) is 23.6 Å². The number of amides is 5. The molecule has 1 aromatic rings. The lowest BCUT2D eigenvalue weighted by atomic mass is 10.0. The van der Waals surface area contributed by atoms with Gasteiger partial charge in [-0.05, 0) is 5.56 Å². The smallest absolute Gasteiger partial charge is 0.303 e. The number of hydrogen-bond acceptors (Lipinski definition) is 25. The average Bonchev–Trinajstić information content (AvgIpc) is 4.14. The maximum Gasteiger partial charge on any atom is 0.303 e. The summed E-state index contributed by atoms with van der Waals surface area (Å²) in [6.07, 6.45) is -24.9. The molecule has 5 amide bonds. The molecule has 16 atom stereocenters. The third-order valence-electron chi connectivity index (χ3n) is 12.0. The fraction of sp³-hybridized carbons (Fsp3) is 0.612. The lowest BCUT2D eigenvalue weighted by Gasteiger charge is -2.25. The summed E-state index contributed by atoms with van der Waals surface area (Å²) in [7, 11) is 0. The van der Waals surface area contributed by atoms with E-state index in [-0.39, 0.29) is 13.1 Å². The van der Waals surface area contributed by atoms with Crippen molar-refractivity contribution in [2.24, 2.45) is 0 Å². The van der Waals surface area contributed by atoms with Crippen LogP contribution in [0.15, 0.2) is 30.3 Å². The highest BCUT2D eigenvalue weighted by Gasteiger charge is 2.57. The van der Waals surface area contributed by atoms with Gasteiger partial charge in [0.05, 0.1) is 0 Å². The van der Waals surface area contributed by atoms with Crippen molar-refractivity contribution in [1.82, 2.24) is 26.6 Å². The van der Waals surface area contributed by atoms with Crippen LogP contribution in [-0.4, -0.2) is 201 Å². The fourth-order valence-corrected chi connectivity index (χ4v) is 9.06. The van der Waals surface area contributed by atoms with E-state index in [1.165, 1.54) is 6.92 Å². The normalized spacial score (nSPS) is 29.5. The summed E-state index contributed by atoms with van der Waals surface area (Å²) in [5.74, 6) is -11.7. The second-order valence-corrected chi connectivity index (χ2v) is 18.3. The zero-order valence-electron chi connectivity index (χ0n) is 44.4. The van der Waals surface area contributed by atoms with Gasteiger partial charge < -0.3 is 83.4 Å². The predicted molar refractivity (Wildman–Crippen MR) is 255 cm³/mol. The number of ether oxygens (including phenoxy) is 12. The molecule has 0 unspecified atom stereocenters. The standard InChI is InChI=1S/C49H63N5O25/c1-20(55)50-16-30-34(68-21(2)56)38(72-25(6)60)43(76-30)47(65)52-18-32-36(70-23(4)58)40(74-27(8)62)45(78-32)49(67)54-19-33-37(71-24(5)59)41(75-28(9)63)44(79-33)48(66)53-17-31-35(69-22(3)57)39(73-26(7)61)42(77-31)46(64)51-15-29-13-11-10-12-14-29/h10-14,30-45H,15-19H2,1-9H3,(H,50,55)(H,51,64)(H,52,65)(H,53,66)(H,54,67)/t30-,31-,32-,33-,34-,35-,36-,37-,38+,39+,40+,41+,42-,43-,44-,45-/m1/s1. The summed E-state index contributed by atoms with van der Waals surface area (Å²) in [5.41, 5.74) is 0.713. The van der Waals surface area contributed by atoms with Crippen molar-refractivity contribution in [3.63, 3.8) is 0 Å². The molecule has 1 aromatic carbocycles. The maximum absolute atomic E-state index is 14.1. The molecule has 4 fully saturated rings. The topological polar surface area (TPSA) is 393 Å². The van der Waals surface area contributed by atoms with Crippen LogP contribution in [0.5, 0.6) is 0 Å². The highest BCUT2D eigenvalue weighted by Crippen LogP contribution is 2.32. The van der Waals surface area contributed by atoms with Gasteiger partial charge in [-0.25, -0.2) is 0 Å². The van der Waals surface area contributed by atoms with Crippen molar-refractivity contribution in [1.29, 1.82) is 0 Å². The summed E-state index contributed by atoms with van der Waals surface area (Å²) in [6, 6.07) is 8.75. The highest BCUT2D eigenvalue weighted by molar-refractivity contribution is 5.86. The largest absolute Gasteiger partial charge is 0.456 e. The minimum absolute atomic E-state index is 0.0363. The van der Waals surface area contributed by atoms with Crippen molar-refractivity contribution >= 4 is 77.3 Å². The molecule has 0 spiro atoms. The van der Waals surface area contributed by atoms with Gasteiger partial charge in [-0.2, -0.15) is 0 Å². The van der Waals surface area contributed by atoms with Crippen LogP contribution in [0.1, 0.15) is 67.9 Å². The van der Waals surface area contributed by atoms with Gasteiger partial charge in [0.2, 0.25) is 5.91 Å². The van der Waals surface area contributed by atoms with Gasteiger partial charge >= 0.3 is 47.8 Å². The van der Waals surface area contributed by atoms with E-state index in [2.05, 4.69) is 26.6 Å². The molecule has 0 radical (unpaired) electrons. The number of carbonyl (C=O) groups excluding carboxylic acids is 13. The van der Waals surface area contributed by atoms with E-state index in [1.807, 2.05) is 0 Å². The second-order valence-electron chi connectivity index (χ2n) is 18.3. The van der Waals surface area contributed by atoms with Crippen molar-refractivity contribution in [3.8, 4) is 0 Å². The number of carbonyl (C=O) groups is 13. The molecule has 79 heavy (non-hydrogen) atoms. The molecular weight excluding hydrogens is 1060 g/mol. The molecule has 434 valence electrons. The number of esters is 8. The van der Waals surface area contributed by atoms with Gasteiger partial charge in [-0.1, -0.05) is 30.3 Å². The molecular formula is C49H63N5O25. The lowest BCUT2D eigenvalue weighted by molar-refractivity contribution is -0.166. The summed E-state index contributed by atoms with van der Waals surface area (Å²) in [5, 5.41) is 12.6. The zero-order valence-corrected chi connectivity index (χ0v) is 44.4. The molecule has 0 aliphatic carbocycles. The lowest BCUT2D eigenvalue weighted by Crippen LogP contribution is -2.50. The van der Waals surface area contributed by atoms with Crippen molar-refractivity contribution in [2.75, 3.05) is 26.2 Å². The number of nitrogens with one attached hydrogen (secondary N) is 5. The average molecular weight is 1120 g/mol. The Kier molecular flexibility index (Phi) is 22.1. The fourth-order valence-electron chi connectivity index (χ4n) is 9.06. The van der Waals surface area contributed by atoms with Gasteiger partial charge in [0, 0.05) is 95.0 Å². The Labute approximate surface area is 450 Å². The third-order valence-corrected chi connectivity index (χ3v) is 12.0. The zero-order chi connectivity index (χ0) is 58.4. The Morgan fingerprint density at radius 1 is 0.329 bits per heavy atom. The van der Waals surface area contributed by atoms with Gasteiger partial charge in [-0.15, -0.1) is 0 Å². The predicted octanol–water partition coefficient (Wildman–Crippen LogP) is -3.69. The van der Waals surface area contributed by atoms with E-state index in [4.69, 9.17) is 56.8 Å². The first-order valence-electron chi connectivity index (χ1n) is 24.6. The Balaban J connectivity index is 1.33. The SMILES string of the molecule is CC(=O)NC[C@H]1O[C@@H](C(=O)NC[C@H]2O[C@@H](C(=O)NC[C@H]3O[C@@H](C(=O)NC[C@H]4O[C@@H](C(=O)NCc5ccccc5)[C@@H](OC(C)=O)[C@@H]4OC(C)=O)[C@@H](OC(C)=O)[C@@H]3OC(C)=O)[C@@H](OC(C)=O)[C@@H]2OC(C)=O)[C@@H](OC(C)=O)[C@@H]1OC(C)=O. The van der Waals surface area contributed by atoms with Gasteiger partial charge in [-0.3, -0.25) is 62.3 Å². The van der Waals surface area contributed by atoms with Crippen LogP contribution in [0.4, 0.5) is 0 Å². The number of hydrogen-bond donors (Lipinski definition) is 5. The Morgan fingerprint density at radius 3 is 0.797 bits per heavy atom. The van der Waals surface area contributed by atoms with Crippen LogP contribution in [0.2, 0.25) is 0 Å². The van der Waals surface area contributed by atoms with Gasteiger partial charge in [0.1, 0.15) is 24.4 Å². The summed E-state index contributed by atoms with van der Waals surface area (Å²) in [4.78, 5) is 166. The highest BCUT2D eigenvalue weighted by atomic mass is 16.7. The molecule has 30 heteroatoms. The van der Waals surface area contributed by atoms with Crippen LogP contribution in [0, 0.1) is 0 Å². The van der Waals surface area contributed by atoms with Crippen LogP contribution in [0.3, 0.4) is 0 Å². The van der Waals surface area contributed by atoms with E-state index >= 15 is 0 Å². The van der Waals surface area contributed by atoms with Crippen LogP contribution < -0.4 is 26.6 Å². The minimum atomic E-state index is -1.84. The van der Waals surface area contributed by atoms with Crippen molar-refractivity contribution < 1.29 is 119 Å². The van der Waals surface area contributed by atoms with Crippen LogP contribution in [-0.2, 0) is 126 Å². The monoisotopic (exact) mass is 1120 g/mol. The van der Waals surface area contributed by atoms with Crippen molar-refractivity contribution in [2.45, 2.75) is 167 Å². The van der Waals surface area contributed by atoms with Crippen molar-refractivity contribution in [3.05, 3.63) is 35.9 Å². The first-order chi connectivity index (χ1) is 37.2. The summed E-state index contributed by atoms with van der Waals surface area (Å²) < 4.78 is 67.0. The molecule has 0 saturated carbocycles. The first-order valence-corrected chi connectivity index (χ1v) is 24.6.